The highest BCUT2D eigenvalue weighted by molar-refractivity contribution is 7.92. The number of nitrogens with one attached hydrogen (secondary N) is 1. The minimum atomic E-state index is -3.94. The Balaban J connectivity index is 1.73. The summed E-state index contributed by atoms with van der Waals surface area (Å²) < 4.78 is 52.7. The van der Waals surface area contributed by atoms with Crippen LogP contribution in [0, 0.1) is 5.82 Å². The molecule has 0 spiro atoms. The largest absolute Gasteiger partial charge is 0.454 e. The lowest BCUT2D eigenvalue weighted by atomic mass is 10.0. The molecule has 0 unspecified atom stereocenters. The average Bonchev–Trinajstić information content (AvgIpc) is 3.42. The average molecular weight is 556 g/mol. The van der Waals surface area contributed by atoms with E-state index in [2.05, 4.69) is 5.32 Å². The number of nitrogens with zero attached hydrogens (tertiary/aromatic N) is 2. The molecule has 206 valence electrons. The second-order valence-corrected chi connectivity index (χ2v) is 11.1. The molecule has 1 aliphatic heterocycles. The summed E-state index contributed by atoms with van der Waals surface area (Å²) in [6, 6.07) is 18.6. The van der Waals surface area contributed by atoms with Crippen LogP contribution in [0.2, 0.25) is 0 Å². The highest BCUT2D eigenvalue weighted by Gasteiger charge is 2.34. The van der Waals surface area contributed by atoms with Gasteiger partial charge in [0.25, 0.3) is 0 Å². The first-order chi connectivity index (χ1) is 18.7. The number of hydrogen-bond acceptors (Lipinski definition) is 6. The molecule has 0 saturated carbocycles. The molecule has 0 aliphatic carbocycles. The predicted octanol–water partition coefficient (Wildman–Crippen LogP) is 3.10. The molecule has 11 heteroatoms. The summed E-state index contributed by atoms with van der Waals surface area (Å²) in [6.45, 7) is 0.631. The number of amides is 2. The van der Waals surface area contributed by atoms with Crippen LogP contribution < -0.4 is 19.1 Å². The fourth-order valence-corrected chi connectivity index (χ4v) is 5.34. The molecule has 0 aromatic heterocycles. The van der Waals surface area contributed by atoms with E-state index in [0.29, 0.717) is 11.5 Å². The zero-order chi connectivity index (χ0) is 28.0. The Hall–Kier alpha value is -4.12. The number of carbonyl (C=O) groups is 2. The third-order valence-electron chi connectivity index (χ3n) is 6.44. The third-order valence-corrected chi connectivity index (χ3v) is 8.18. The minimum Gasteiger partial charge on any atom is -0.454 e. The lowest BCUT2D eigenvalue weighted by Crippen LogP contribution is -2.53. The molecule has 1 heterocycles. The summed E-state index contributed by atoms with van der Waals surface area (Å²) in [5.74, 6) is -1.13. The standard InChI is InChI=1S/C28H30FN3O6S/c1-3-39(35,36)32(22-13-14-25-26(16-22)38-19-37-25)18-27(33)31(17-21-11-7-8-12-23(21)29)24(28(34)30-2)15-20-9-5-4-6-10-20/h4-14,16,24H,3,15,17-19H2,1-2H3,(H,30,34)/t24-/m1/s1. The van der Waals surface area contributed by atoms with Crippen LogP contribution in [0.3, 0.4) is 0 Å². The molecule has 9 nitrogen and oxygen atoms in total. The number of sulfonamides is 1. The molecular formula is C28H30FN3O6S. The Morgan fingerprint density at radius 2 is 1.69 bits per heavy atom. The summed E-state index contributed by atoms with van der Waals surface area (Å²) in [4.78, 5) is 28.3. The van der Waals surface area contributed by atoms with Crippen molar-refractivity contribution in [3.8, 4) is 11.5 Å². The number of fused-ring (bicyclic) bond motifs is 1. The predicted molar refractivity (Wildman–Crippen MR) is 144 cm³/mol. The van der Waals surface area contributed by atoms with Crippen molar-refractivity contribution in [1.82, 2.24) is 10.2 Å². The summed E-state index contributed by atoms with van der Waals surface area (Å²) in [5.41, 5.74) is 1.19. The Bertz CT molecular complexity index is 1430. The zero-order valence-corrected chi connectivity index (χ0v) is 22.5. The number of halogens is 1. The summed E-state index contributed by atoms with van der Waals surface area (Å²) in [7, 11) is -2.48. The van der Waals surface area contributed by atoms with Gasteiger partial charge in [0, 0.05) is 31.6 Å². The van der Waals surface area contributed by atoms with Crippen LogP contribution in [-0.2, 0) is 32.6 Å². The van der Waals surface area contributed by atoms with Crippen molar-refractivity contribution in [2.45, 2.75) is 25.9 Å². The lowest BCUT2D eigenvalue weighted by molar-refractivity contribution is -0.139. The molecule has 1 aliphatic rings. The molecule has 2 amide bonds. The van der Waals surface area contributed by atoms with E-state index < -0.39 is 40.2 Å². The molecule has 1 N–H and O–H groups in total. The van der Waals surface area contributed by atoms with E-state index in [9.17, 15) is 22.4 Å². The van der Waals surface area contributed by atoms with Gasteiger partial charge < -0.3 is 19.7 Å². The van der Waals surface area contributed by atoms with Crippen LogP contribution in [0.5, 0.6) is 11.5 Å². The van der Waals surface area contributed by atoms with E-state index >= 15 is 0 Å². The van der Waals surface area contributed by atoms with Crippen LogP contribution in [0.25, 0.3) is 0 Å². The maximum absolute atomic E-state index is 14.7. The second kappa shape index (κ2) is 12.2. The quantitative estimate of drug-likeness (QED) is 0.390. The van der Waals surface area contributed by atoms with Crippen LogP contribution in [-0.4, -0.2) is 57.3 Å². The van der Waals surface area contributed by atoms with E-state index in [0.717, 1.165) is 9.87 Å². The Morgan fingerprint density at radius 3 is 2.38 bits per heavy atom. The van der Waals surface area contributed by atoms with E-state index in [-0.39, 0.29) is 36.8 Å². The molecular weight excluding hydrogens is 525 g/mol. The third kappa shape index (κ3) is 6.48. The Morgan fingerprint density at radius 1 is 1.00 bits per heavy atom. The van der Waals surface area contributed by atoms with Crippen LogP contribution in [0.15, 0.2) is 72.8 Å². The van der Waals surface area contributed by atoms with Gasteiger partial charge in [0.05, 0.1) is 11.4 Å². The minimum absolute atomic E-state index is 0.00194. The first kappa shape index (κ1) is 27.9. The van der Waals surface area contributed by atoms with Gasteiger partial charge in [-0.05, 0) is 30.7 Å². The van der Waals surface area contributed by atoms with E-state index in [1.165, 1.54) is 49.2 Å². The number of ether oxygens (including phenoxy) is 2. The molecule has 0 bridgehead atoms. The topological polar surface area (TPSA) is 105 Å². The van der Waals surface area contributed by atoms with Crippen molar-refractivity contribution in [3.63, 3.8) is 0 Å². The highest BCUT2D eigenvalue weighted by Crippen LogP contribution is 2.36. The Labute approximate surface area is 227 Å². The normalized spacial score (nSPS) is 13.0. The van der Waals surface area contributed by atoms with Crippen molar-refractivity contribution in [2.75, 3.05) is 30.4 Å². The molecule has 0 saturated heterocycles. The van der Waals surface area contributed by atoms with Gasteiger partial charge in [-0.2, -0.15) is 0 Å². The van der Waals surface area contributed by atoms with E-state index in [4.69, 9.17) is 9.47 Å². The summed E-state index contributed by atoms with van der Waals surface area (Å²) in [5, 5.41) is 2.59. The summed E-state index contributed by atoms with van der Waals surface area (Å²) >= 11 is 0. The number of likely N-dealkylation sites (N-methyl/N-ethyl adjacent to an activating group) is 1. The van der Waals surface area contributed by atoms with Gasteiger partial charge in [-0.15, -0.1) is 0 Å². The lowest BCUT2D eigenvalue weighted by Gasteiger charge is -2.33. The fourth-order valence-electron chi connectivity index (χ4n) is 4.29. The molecule has 39 heavy (non-hydrogen) atoms. The van der Waals surface area contributed by atoms with Crippen molar-refractivity contribution in [1.29, 1.82) is 0 Å². The molecule has 0 fully saturated rings. The molecule has 4 rings (SSSR count). The van der Waals surface area contributed by atoms with Crippen LogP contribution in [0.4, 0.5) is 10.1 Å². The zero-order valence-electron chi connectivity index (χ0n) is 21.7. The van der Waals surface area contributed by atoms with Gasteiger partial charge in [-0.25, -0.2) is 12.8 Å². The molecule has 1 atom stereocenters. The van der Waals surface area contributed by atoms with Gasteiger partial charge in [0.15, 0.2) is 11.5 Å². The Kier molecular flexibility index (Phi) is 8.70. The van der Waals surface area contributed by atoms with Gasteiger partial charge in [0.2, 0.25) is 28.6 Å². The first-order valence-electron chi connectivity index (χ1n) is 12.4. The number of hydrogen-bond donors (Lipinski definition) is 1. The maximum Gasteiger partial charge on any atom is 0.244 e. The number of benzene rings is 3. The first-order valence-corrected chi connectivity index (χ1v) is 14.0. The summed E-state index contributed by atoms with van der Waals surface area (Å²) in [6.07, 6.45) is 0.144. The number of rotatable bonds is 11. The van der Waals surface area contributed by atoms with Gasteiger partial charge in [0.1, 0.15) is 18.4 Å². The van der Waals surface area contributed by atoms with Crippen molar-refractivity contribution in [3.05, 3.63) is 89.7 Å². The van der Waals surface area contributed by atoms with E-state index in [1.807, 2.05) is 30.3 Å². The molecule has 0 radical (unpaired) electrons. The van der Waals surface area contributed by atoms with Crippen LogP contribution >= 0.6 is 0 Å². The smallest absolute Gasteiger partial charge is 0.244 e. The fraction of sp³-hybridized carbons (Fsp3) is 0.286. The molecule has 3 aromatic carbocycles. The van der Waals surface area contributed by atoms with Crippen molar-refractivity contribution in [2.24, 2.45) is 0 Å². The number of carbonyl (C=O) groups excluding carboxylic acids is 2. The van der Waals surface area contributed by atoms with Crippen molar-refractivity contribution < 1.29 is 31.9 Å². The molecule has 3 aromatic rings. The SMILES string of the molecule is CCS(=O)(=O)N(CC(=O)N(Cc1ccccc1F)[C@H](Cc1ccccc1)C(=O)NC)c1ccc2c(c1)OCO2. The highest BCUT2D eigenvalue weighted by atomic mass is 32.2. The second-order valence-electron chi connectivity index (χ2n) is 8.88. The van der Waals surface area contributed by atoms with Gasteiger partial charge >= 0.3 is 0 Å². The number of anilines is 1. The van der Waals surface area contributed by atoms with Gasteiger partial charge in [-0.1, -0.05) is 48.5 Å². The van der Waals surface area contributed by atoms with Crippen LogP contribution in [0.1, 0.15) is 18.1 Å². The maximum atomic E-state index is 14.7. The van der Waals surface area contributed by atoms with Gasteiger partial charge in [-0.3, -0.25) is 13.9 Å². The monoisotopic (exact) mass is 555 g/mol. The van der Waals surface area contributed by atoms with Crippen molar-refractivity contribution >= 4 is 27.5 Å². The van der Waals surface area contributed by atoms with E-state index in [1.54, 1.807) is 12.1 Å².